The molecular formula is C18H22N2O3S2. The van der Waals surface area contributed by atoms with Gasteiger partial charge in [-0.1, -0.05) is 19.8 Å². The predicted molar refractivity (Wildman–Crippen MR) is 99.7 cm³/mol. The van der Waals surface area contributed by atoms with Gasteiger partial charge < -0.3 is 10.1 Å². The Labute approximate surface area is 155 Å². The smallest absolute Gasteiger partial charge is 0.312 e. The van der Waals surface area contributed by atoms with Crippen LogP contribution in [0.5, 0.6) is 0 Å². The molecule has 2 aromatic rings. The molecule has 0 unspecified atom stereocenters. The first kappa shape index (κ1) is 18.1. The second-order valence-electron chi connectivity index (χ2n) is 6.43. The van der Waals surface area contributed by atoms with Crippen LogP contribution in [0.3, 0.4) is 0 Å². The van der Waals surface area contributed by atoms with Crippen LogP contribution in [0.2, 0.25) is 0 Å². The van der Waals surface area contributed by atoms with Gasteiger partial charge in [0.05, 0.1) is 12.1 Å². The van der Waals surface area contributed by atoms with Crippen molar-refractivity contribution in [2.75, 3.05) is 6.61 Å². The van der Waals surface area contributed by atoms with E-state index in [0.29, 0.717) is 11.6 Å². The summed E-state index contributed by atoms with van der Waals surface area (Å²) in [5.74, 6) is -0.155. The number of thiazole rings is 1. The maximum absolute atomic E-state index is 12.0. The quantitative estimate of drug-likeness (QED) is 0.779. The fourth-order valence-corrected chi connectivity index (χ4v) is 4.56. The Morgan fingerprint density at radius 2 is 2.16 bits per heavy atom. The van der Waals surface area contributed by atoms with Gasteiger partial charge in [0.25, 0.3) is 5.91 Å². The zero-order chi connectivity index (χ0) is 17.6. The van der Waals surface area contributed by atoms with Gasteiger partial charge in [0.15, 0.2) is 6.61 Å². The summed E-state index contributed by atoms with van der Waals surface area (Å²) in [4.78, 5) is 28.4. The van der Waals surface area contributed by atoms with Crippen LogP contribution in [0.4, 0.5) is 0 Å². The van der Waals surface area contributed by atoms with E-state index in [0.717, 1.165) is 29.8 Å². The van der Waals surface area contributed by atoms with Gasteiger partial charge in [0, 0.05) is 22.4 Å². The Morgan fingerprint density at radius 1 is 1.32 bits per heavy atom. The van der Waals surface area contributed by atoms with Crippen molar-refractivity contribution in [3.63, 3.8) is 0 Å². The second-order valence-corrected chi connectivity index (χ2v) is 8.07. The summed E-state index contributed by atoms with van der Waals surface area (Å²) in [7, 11) is 0. The molecule has 25 heavy (non-hydrogen) atoms. The average Bonchev–Trinajstić information content (AvgIpc) is 3.26. The average molecular weight is 379 g/mol. The summed E-state index contributed by atoms with van der Waals surface area (Å²) in [5.41, 5.74) is 1.74. The van der Waals surface area contributed by atoms with E-state index in [1.165, 1.54) is 17.8 Å². The molecule has 0 aromatic carbocycles. The minimum Gasteiger partial charge on any atom is -0.455 e. The van der Waals surface area contributed by atoms with Gasteiger partial charge in [0.2, 0.25) is 0 Å². The molecule has 1 fully saturated rings. The zero-order valence-corrected chi connectivity index (χ0v) is 15.8. The number of esters is 1. The molecule has 0 bridgehead atoms. The number of hydrogen-bond acceptors (Lipinski definition) is 6. The SMILES string of the molecule is C[C@@H]1CCCC[C@@H]1NC(=O)COC(=O)Cc1csc(-c2ccsc2)n1. The maximum Gasteiger partial charge on any atom is 0.312 e. The first-order chi connectivity index (χ1) is 12.1. The summed E-state index contributed by atoms with van der Waals surface area (Å²) in [6, 6.07) is 2.20. The van der Waals surface area contributed by atoms with Crippen LogP contribution < -0.4 is 5.32 Å². The number of ether oxygens (including phenoxy) is 1. The number of hydrogen-bond donors (Lipinski definition) is 1. The first-order valence-corrected chi connectivity index (χ1v) is 10.4. The Bertz CT molecular complexity index is 712. The van der Waals surface area contributed by atoms with Gasteiger partial charge in [0.1, 0.15) is 5.01 Å². The summed E-state index contributed by atoms with van der Waals surface area (Å²) >= 11 is 3.12. The van der Waals surface area contributed by atoms with E-state index >= 15 is 0 Å². The number of carbonyl (C=O) groups is 2. The minimum atomic E-state index is -0.422. The Balaban J connectivity index is 1.42. The molecule has 0 saturated heterocycles. The van der Waals surface area contributed by atoms with Crippen LogP contribution in [-0.2, 0) is 20.7 Å². The molecule has 2 aromatic heterocycles. The van der Waals surface area contributed by atoms with Crippen molar-refractivity contribution in [1.82, 2.24) is 10.3 Å². The molecule has 7 heteroatoms. The highest BCUT2D eigenvalue weighted by Gasteiger charge is 2.23. The molecule has 1 N–H and O–H groups in total. The molecule has 1 aliphatic rings. The van der Waals surface area contributed by atoms with Gasteiger partial charge in [-0.3, -0.25) is 9.59 Å². The molecule has 5 nitrogen and oxygen atoms in total. The predicted octanol–water partition coefficient (Wildman–Crippen LogP) is 3.65. The van der Waals surface area contributed by atoms with E-state index in [1.54, 1.807) is 11.3 Å². The minimum absolute atomic E-state index is 0.0910. The lowest BCUT2D eigenvalue weighted by Crippen LogP contribution is -2.42. The van der Waals surface area contributed by atoms with Crippen LogP contribution in [0, 0.1) is 5.92 Å². The molecule has 1 aliphatic carbocycles. The molecule has 2 atom stereocenters. The highest BCUT2D eigenvalue weighted by Crippen LogP contribution is 2.26. The molecule has 0 aliphatic heterocycles. The normalized spacial score (nSPS) is 20.2. The highest BCUT2D eigenvalue weighted by atomic mass is 32.1. The number of amides is 1. The fourth-order valence-electron chi connectivity index (χ4n) is 3.03. The molecule has 1 saturated carbocycles. The van der Waals surface area contributed by atoms with Gasteiger partial charge in [-0.2, -0.15) is 11.3 Å². The molecule has 0 radical (unpaired) electrons. The lowest BCUT2D eigenvalue weighted by Gasteiger charge is -2.29. The summed E-state index contributed by atoms with van der Waals surface area (Å²) in [6.45, 7) is 1.94. The maximum atomic E-state index is 12.0. The lowest BCUT2D eigenvalue weighted by atomic mass is 9.86. The van der Waals surface area contributed by atoms with E-state index in [9.17, 15) is 9.59 Å². The van der Waals surface area contributed by atoms with Gasteiger partial charge in [-0.15, -0.1) is 11.3 Å². The number of nitrogens with zero attached hydrogens (tertiary/aromatic N) is 1. The van der Waals surface area contributed by atoms with Crippen molar-refractivity contribution in [2.24, 2.45) is 5.92 Å². The summed E-state index contributed by atoms with van der Waals surface area (Å²) < 4.78 is 5.10. The van der Waals surface area contributed by atoms with Gasteiger partial charge in [-0.25, -0.2) is 4.98 Å². The molecule has 3 rings (SSSR count). The largest absolute Gasteiger partial charge is 0.455 e. The van der Waals surface area contributed by atoms with Crippen molar-refractivity contribution in [2.45, 2.75) is 45.1 Å². The molecular weight excluding hydrogens is 356 g/mol. The van der Waals surface area contributed by atoms with Crippen LogP contribution >= 0.6 is 22.7 Å². The van der Waals surface area contributed by atoms with Crippen molar-refractivity contribution in [3.05, 3.63) is 27.9 Å². The number of carbonyl (C=O) groups excluding carboxylic acids is 2. The topological polar surface area (TPSA) is 68.3 Å². The number of thiophene rings is 1. The summed E-state index contributed by atoms with van der Waals surface area (Å²) in [5, 5.41) is 9.76. The fraction of sp³-hybridized carbons (Fsp3) is 0.500. The Morgan fingerprint density at radius 3 is 2.92 bits per heavy atom. The Hall–Kier alpha value is -1.73. The number of rotatable bonds is 6. The monoisotopic (exact) mass is 378 g/mol. The molecule has 0 spiro atoms. The van der Waals surface area contributed by atoms with Crippen molar-refractivity contribution < 1.29 is 14.3 Å². The molecule has 2 heterocycles. The number of aromatic nitrogens is 1. The van der Waals surface area contributed by atoms with Gasteiger partial charge in [-0.05, 0) is 30.2 Å². The number of nitrogens with one attached hydrogen (secondary N) is 1. The van der Waals surface area contributed by atoms with Crippen molar-refractivity contribution in [1.29, 1.82) is 0 Å². The van der Waals surface area contributed by atoms with Crippen LogP contribution in [-0.4, -0.2) is 29.5 Å². The van der Waals surface area contributed by atoms with E-state index in [2.05, 4.69) is 17.2 Å². The third-order valence-electron chi connectivity index (χ3n) is 4.47. The second kappa shape index (κ2) is 8.58. The van der Waals surface area contributed by atoms with Crippen LogP contribution in [0.15, 0.2) is 22.2 Å². The van der Waals surface area contributed by atoms with Crippen LogP contribution in [0.1, 0.15) is 38.3 Å². The van der Waals surface area contributed by atoms with Crippen LogP contribution in [0.25, 0.3) is 10.6 Å². The first-order valence-electron chi connectivity index (χ1n) is 8.54. The van der Waals surface area contributed by atoms with E-state index in [4.69, 9.17) is 4.74 Å². The lowest BCUT2D eigenvalue weighted by molar-refractivity contribution is -0.148. The van der Waals surface area contributed by atoms with E-state index in [1.807, 2.05) is 22.2 Å². The van der Waals surface area contributed by atoms with Gasteiger partial charge >= 0.3 is 5.97 Å². The Kier molecular flexibility index (Phi) is 6.20. The van der Waals surface area contributed by atoms with E-state index in [-0.39, 0.29) is 25.0 Å². The highest BCUT2D eigenvalue weighted by molar-refractivity contribution is 7.14. The third-order valence-corrected chi connectivity index (χ3v) is 6.09. The van der Waals surface area contributed by atoms with Crippen molar-refractivity contribution in [3.8, 4) is 10.6 Å². The van der Waals surface area contributed by atoms with Crippen molar-refractivity contribution >= 4 is 34.6 Å². The molecule has 134 valence electrons. The third kappa shape index (κ3) is 5.12. The van der Waals surface area contributed by atoms with E-state index < -0.39 is 5.97 Å². The standard InChI is InChI=1S/C18H22N2O3S2/c1-12-4-2-3-5-15(12)20-16(21)9-23-17(22)8-14-11-25-18(19-14)13-6-7-24-10-13/h6-7,10-12,15H,2-5,8-9H2,1H3,(H,20,21)/t12-,15+/m1/s1. The zero-order valence-electron chi connectivity index (χ0n) is 14.2. The summed E-state index contributed by atoms with van der Waals surface area (Å²) in [6.07, 6.45) is 4.61. The molecule has 1 amide bonds.